The Morgan fingerprint density at radius 1 is 1.23 bits per heavy atom. The molecule has 1 saturated carbocycles. The van der Waals surface area contributed by atoms with Crippen molar-refractivity contribution in [3.8, 4) is 5.88 Å². The molecule has 0 bridgehead atoms. The fraction of sp³-hybridized carbons (Fsp3) is 0.333. The second kappa shape index (κ2) is 7.13. The van der Waals surface area contributed by atoms with Crippen LogP contribution in [0, 0.1) is 9.87 Å². The summed E-state index contributed by atoms with van der Waals surface area (Å²) in [5.74, 6) is 0.318. The lowest BCUT2D eigenvalue weighted by Gasteiger charge is -2.20. The number of benzene rings is 1. The van der Waals surface area contributed by atoms with Crippen molar-refractivity contribution in [1.29, 1.82) is 0 Å². The molecular formula is C18H18N4O2S2. The van der Waals surface area contributed by atoms with Gasteiger partial charge in [-0.3, -0.25) is 10.2 Å². The molecular weight excluding hydrogens is 368 g/mol. The van der Waals surface area contributed by atoms with Crippen molar-refractivity contribution in [2.24, 2.45) is 15.9 Å². The first-order chi connectivity index (χ1) is 12.6. The lowest BCUT2D eigenvalue weighted by atomic mass is 9.89. The molecule has 6 nitrogen and oxygen atoms in total. The van der Waals surface area contributed by atoms with E-state index in [1.807, 2.05) is 24.3 Å². The number of aromatic hydroxyl groups is 1. The van der Waals surface area contributed by atoms with E-state index in [0.29, 0.717) is 14.7 Å². The fourth-order valence-electron chi connectivity index (χ4n) is 3.25. The van der Waals surface area contributed by atoms with Crippen molar-refractivity contribution < 1.29 is 9.90 Å². The third kappa shape index (κ3) is 3.34. The number of nitrogens with zero attached hydrogens (tertiary/aromatic N) is 3. The number of hydrogen-bond donors (Lipinski definition) is 2. The van der Waals surface area contributed by atoms with E-state index >= 15 is 0 Å². The van der Waals surface area contributed by atoms with Crippen LogP contribution in [0.1, 0.15) is 37.0 Å². The van der Waals surface area contributed by atoms with Gasteiger partial charge in [-0.1, -0.05) is 42.7 Å². The molecule has 1 aromatic carbocycles. The van der Waals surface area contributed by atoms with E-state index in [2.05, 4.69) is 15.4 Å². The smallest absolute Gasteiger partial charge is 0.242 e. The average Bonchev–Trinajstić information content (AvgIpc) is 3.18. The number of aromatic nitrogens is 1. The Balaban J connectivity index is 1.59. The zero-order chi connectivity index (χ0) is 18.1. The number of para-hydroxylation sites is 2. The third-order valence-electron chi connectivity index (χ3n) is 4.62. The van der Waals surface area contributed by atoms with Crippen LogP contribution in [0.4, 0.5) is 0 Å². The highest BCUT2D eigenvalue weighted by Crippen LogP contribution is 2.29. The predicted octanol–water partition coefficient (Wildman–Crippen LogP) is 2.89. The maximum absolute atomic E-state index is 12.4. The number of carbonyl (C=O) groups is 1. The van der Waals surface area contributed by atoms with Crippen molar-refractivity contribution in [3.63, 3.8) is 0 Å². The lowest BCUT2D eigenvalue weighted by molar-refractivity contribution is -0.121. The van der Waals surface area contributed by atoms with Crippen LogP contribution in [0.25, 0.3) is 6.08 Å². The quantitative estimate of drug-likeness (QED) is 0.796. The summed E-state index contributed by atoms with van der Waals surface area (Å²) in [5.41, 5.74) is 2.75. The molecule has 26 heavy (non-hydrogen) atoms. The van der Waals surface area contributed by atoms with E-state index in [9.17, 15) is 9.90 Å². The minimum atomic E-state index is -0.0873. The van der Waals surface area contributed by atoms with Crippen LogP contribution in [0.15, 0.2) is 40.1 Å². The van der Waals surface area contributed by atoms with Crippen LogP contribution in [0.5, 0.6) is 5.88 Å². The number of fused-ring (bicyclic) bond motifs is 1. The number of rotatable bonds is 3. The Morgan fingerprint density at radius 3 is 2.54 bits per heavy atom. The summed E-state index contributed by atoms with van der Waals surface area (Å²) >= 11 is 6.52. The molecule has 0 spiro atoms. The van der Waals surface area contributed by atoms with Crippen LogP contribution in [-0.2, 0) is 4.79 Å². The summed E-state index contributed by atoms with van der Waals surface area (Å²) in [7, 11) is 0. The van der Waals surface area contributed by atoms with Gasteiger partial charge in [-0.25, -0.2) is 9.98 Å². The number of thiazole rings is 1. The van der Waals surface area contributed by atoms with Crippen LogP contribution in [0.2, 0.25) is 0 Å². The molecule has 1 amide bonds. The van der Waals surface area contributed by atoms with E-state index in [0.717, 1.165) is 36.4 Å². The number of amides is 1. The largest absolute Gasteiger partial charge is 0.492 e. The number of carbonyl (C=O) groups excluding carboxylic acids is 1. The van der Waals surface area contributed by atoms with E-state index in [-0.39, 0.29) is 17.7 Å². The lowest BCUT2D eigenvalue weighted by Crippen LogP contribution is -2.30. The van der Waals surface area contributed by atoms with Crippen LogP contribution >= 0.6 is 23.6 Å². The molecule has 2 heterocycles. The summed E-state index contributed by atoms with van der Waals surface area (Å²) in [5, 5.41) is 12.1. The van der Waals surface area contributed by atoms with Crippen LogP contribution in [0.3, 0.4) is 0 Å². The Kier molecular flexibility index (Phi) is 4.69. The van der Waals surface area contributed by atoms with Gasteiger partial charge in [0.05, 0.1) is 15.6 Å². The summed E-state index contributed by atoms with van der Waals surface area (Å²) in [4.78, 5) is 21.8. The molecule has 8 heteroatoms. The van der Waals surface area contributed by atoms with Gasteiger partial charge in [0.2, 0.25) is 11.8 Å². The number of nitrogens with one attached hydrogen (secondary N) is 1. The van der Waals surface area contributed by atoms with Gasteiger partial charge in [0.15, 0.2) is 9.78 Å². The molecule has 1 aliphatic carbocycles. The molecule has 0 saturated heterocycles. The van der Waals surface area contributed by atoms with Gasteiger partial charge in [-0.15, -0.1) is 0 Å². The maximum Gasteiger partial charge on any atom is 0.242 e. The Morgan fingerprint density at radius 2 is 1.88 bits per heavy atom. The Hall–Kier alpha value is -2.32. The van der Waals surface area contributed by atoms with Gasteiger partial charge in [0.25, 0.3) is 0 Å². The first kappa shape index (κ1) is 17.1. The zero-order valence-corrected chi connectivity index (χ0v) is 15.6. The summed E-state index contributed by atoms with van der Waals surface area (Å²) in [6.07, 6.45) is 6.77. The topological polar surface area (TPSA) is 79.0 Å². The van der Waals surface area contributed by atoms with E-state index < -0.39 is 0 Å². The molecule has 2 N–H and O–H groups in total. The summed E-state index contributed by atoms with van der Waals surface area (Å²) in [6.45, 7) is 0. The van der Waals surface area contributed by atoms with Gasteiger partial charge in [-0.2, -0.15) is 4.68 Å². The molecule has 1 fully saturated rings. The minimum Gasteiger partial charge on any atom is -0.492 e. The highest BCUT2D eigenvalue weighted by atomic mass is 32.1. The summed E-state index contributed by atoms with van der Waals surface area (Å²) < 4.78 is 1.67. The van der Waals surface area contributed by atoms with Crippen molar-refractivity contribution in [2.45, 2.75) is 32.1 Å². The first-order valence-corrected chi connectivity index (χ1v) is 9.84. The third-order valence-corrected chi connectivity index (χ3v) is 5.93. The fourth-order valence-corrected chi connectivity index (χ4v) is 4.41. The minimum absolute atomic E-state index is 0.0129. The van der Waals surface area contributed by atoms with Crippen molar-refractivity contribution in [2.75, 3.05) is 5.43 Å². The second-order valence-corrected chi connectivity index (χ2v) is 8.09. The van der Waals surface area contributed by atoms with Crippen LogP contribution < -0.4 is 16.1 Å². The molecule has 4 rings (SSSR count). The molecule has 0 radical (unpaired) electrons. The van der Waals surface area contributed by atoms with Gasteiger partial charge < -0.3 is 5.11 Å². The van der Waals surface area contributed by atoms with Gasteiger partial charge in [0.1, 0.15) is 0 Å². The van der Waals surface area contributed by atoms with Gasteiger partial charge >= 0.3 is 0 Å². The van der Waals surface area contributed by atoms with E-state index in [1.54, 1.807) is 6.08 Å². The number of hydrogen-bond acceptors (Lipinski definition) is 6. The molecule has 1 aliphatic heterocycles. The van der Waals surface area contributed by atoms with Gasteiger partial charge in [0, 0.05) is 12.0 Å². The molecule has 1 aromatic heterocycles. The van der Waals surface area contributed by atoms with Gasteiger partial charge in [-0.05, 0) is 37.2 Å². The maximum atomic E-state index is 12.4. The average molecular weight is 387 g/mol. The Bertz CT molecular complexity index is 1020. The first-order valence-electron chi connectivity index (χ1n) is 8.62. The monoisotopic (exact) mass is 386 g/mol. The standard InChI is InChI=1S/C18H18N4O2S2/c23-16(11-6-2-1-3-7-11)21-22-17(24)14(26-18(22)25)10-15-19-12-8-4-5-9-13(12)20-15/h4-5,8-11,24H,1-3,6-7H2,(H,21,23). The highest BCUT2D eigenvalue weighted by Gasteiger charge is 2.23. The van der Waals surface area contributed by atoms with E-state index in [1.165, 1.54) is 22.4 Å². The SMILES string of the molecule is O=C(Nn1c(O)c(C=C2N=c3ccccc3=N2)sc1=S)C1CCCCC1. The zero-order valence-electron chi connectivity index (χ0n) is 14.0. The molecule has 134 valence electrons. The van der Waals surface area contributed by atoms with Crippen molar-refractivity contribution in [3.05, 3.63) is 49.6 Å². The van der Waals surface area contributed by atoms with Crippen molar-refractivity contribution >= 4 is 35.5 Å². The molecule has 2 aliphatic rings. The normalized spacial score (nSPS) is 16.5. The molecule has 0 unspecified atom stereocenters. The van der Waals surface area contributed by atoms with Crippen molar-refractivity contribution in [1.82, 2.24) is 4.68 Å². The predicted molar refractivity (Wildman–Crippen MR) is 102 cm³/mol. The van der Waals surface area contributed by atoms with Crippen LogP contribution in [-0.4, -0.2) is 15.7 Å². The highest BCUT2D eigenvalue weighted by molar-refractivity contribution is 7.73. The second-order valence-electron chi connectivity index (χ2n) is 6.42. The van der Waals surface area contributed by atoms with E-state index in [4.69, 9.17) is 12.2 Å². The Labute approximate surface area is 159 Å². The summed E-state index contributed by atoms with van der Waals surface area (Å²) in [6, 6.07) is 7.58. The molecule has 0 atom stereocenters. The molecule has 2 aromatic rings.